The second-order valence-corrected chi connectivity index (χ2v) is 8.31. The van der Waals surface area contributed by atoms with Gasteiger partial charge in [-0.25, -0.2) is 4.39 Å². The average molecular weight is 433 g/mol. The molecule has 1 aliphatic heterocycles. The number of Topliss-reactive ketones (excluding diaryl/α,β-unsaturated/α-hetero) is 1. The number of hydrogen-bond acceptors (Lipinski definition) is 6. The molecule has 3 aromatic rings. The van der Waals surface area contributed by atoms with Crippen LogP contribution in [0, 0.1) is 5.82 Å². The molecule has 0 saturated heterocycles. The molecular weight excluding hydrogens is 413 g/mol. The van der Waals surface area contributed by atoms with E-state index in [9.17, 15) is 19.1 Å². The number of fused-ring (bicyclic) bond motifs is 5. The number of hydrogen-bond donors (Lipinski definition) is 3. The van der Waals surface area contributed by atoms with Crippen molar-refractivity contribution in [3.8, 4) is 5.75 Å². The smallest absolute Gasteiger partial charge is 0.271 e. The summed E-state index contributed by atoms with van der Waals surface area (Å²) in [7, 11) is 0. The fourth-order valence-corrected chi connectivity index (χ4v) is 4.54. The molecule has 1 amide bonds. The number of carbonyl (C=O) groups excluding carboxylic acids is 2. The minimum atomic E-state index is -2.26. The number of carbonyl (C=O) groups is 2. The lowest BCUT2D eigenvalue weighted by Gasteiger charge is -2.34. The molecule has 4 N–H and O–H groups in total. The first-order chi connectivity index (χ1) is 15.2. The fraction of sp³-hybridized carbons (Fsp3) is 0.208. The Morgan fingerprint density at radius 2 is 2.00 bits per heavy atom. The van der Waals surface area contributed by atoms with Gasteiger partial charge in [0, 0.05) is 23.0 Å². The second kappa shape index (κ2) is 6.61. The molecule has 1 aromatic heterocycles. The molecule has 2 unspecified atom stereocenters. The van der Waals surface area contributed by atoms with Crippen LogP contribution in [0.5, 0.6) is 5.75 Å². The van der Waals surface area contributed by atoms with Crippen molar-refractivity contribution in [2.75, 3.05) is 5.73 Å². The van der Waals surface area contributed by atoms with Gasteiger partial charge in [-0.1, -0.05) is 38.1 Å². The van der Waals surface area contributed by atoms with Gasteiger partial charge in [0.2, 0.25) is 11.3 Å². The zero-order chi connectivity index (χ0) is 22.8. The SMILES string of the molecule is CC(C)c1ccc2c(c1)OC1(O)c3cccc(N)c3C(=O)C21NC(=O)c1ccncc1F. The Morgan fingerprint density at radius 3 is 2.72 bits per heavy atom. The van der Waals surface area contributed by atoms with Crippen LogP contribution >= 0.6 is 0 Å². The molecule has 0 spiro atoms. The topological polar surface area (TPSA) is 115 Å². The molecule has 0 radical (unpaired) electrons. The standard InChI is InChI=1S/C24H20FN3O4/c1-12(2)13-6-7-15-19(10-13)32-24(31)16-4-3-5-18(26)20(16)21(29)23(15,24)28-22(30)14-8-9-27-11-17(14)25/h3-12,31H,26H2,1-2H3,(H,28,30). The number of aliphatic hydroxyl groups is 1. The van der Waals surface area contributed by atoms with Gasteiger partial charge in [0.15, 0.2) is 5.82 Å². The Balaban J connectivity index is 1.75. The van der Waals surface area contributed by atoms with Crippen LogP contribution in [0.2, 0.25) is 0 Å². The number of ether oxygens (including phenoxy) is 1. The summed E-state index contributed by atoms with van der Waals surface area (Å²) in [4.78, 5) is 30.6. The highest BCUT2D eigenvalue weighted by Gasteiger charge is 2.72. The third kappa shape index (κ3) is 2.41. The molecule has 0 saturated carbocycles. The van der Waals surface area contributed by atoms with Crippen LogP contribution in [0.15, 0.2) is 54.9 Å². The number of nitrogens with two attached hydrogens (primary N) is 1. The van der Waals surface area contributed by atoms with Gasteiger partial charge < -0.3 is 20.9 Å². The predicted octanol–water partition coefficient (Wildman–Crippen LogP) is 2.99. The Bertz CT molecular complexity index is 1310. The Hall–Kier alpha value is -3.78. The third-order valence-corrected chi connectivity index (χ3v) is 6.19. The second-order valence-electron chi connectivity index (χ2n) is 8.31. The van der Waals surface area contributed by atoms with E-state index >= 15 is 0 Å². The van der Waals surface area contributed by atoms with Crippen LogP contribution in [-0.2, 0) is 11.3 Å². The zero-order valence-electron chi connectivity index (χ0n) is 17.3. The van der Waals surface area contributed by atoms with E-state index in [0.29, 0.717) is 0 Å². The molecular formula is C24H20FN3O4. The van der Waals surface area contributed by atoms with Crippen LogP contribution in [0.1, 0.15) is 57.2 Å². The van der Waals surface area contributed by atoms with Crippen molar-refractivity contribution in [3.63, 3.8) is 0 Å². The number of anilines is 1. The van der Waals surface area contributed by atoms with Crippen LogP contribution < -0.4 is 15.8 Å². The summed E-state index contributed by atoms with van der Waals surface area (Å²) in [5, 5.41) is 14.4. The number of pyridine rings is 1. The maximum absolute atomic E-state index is 14.3. The van der Waals surface area contributed by atoms with E-state index in [-0.39, 0.29) is 39.6 Å². The van der Waals surface area contributed by atoms with Crippen LogP contribution in [0.25, 0.3) is 0 Å². The third-order valence-electron chi connectivity index (χ3n) is 6.19. The molecule has 0 bridgehead atoms. The summed E-state index contributed by atoms with van der Waals surface area (Å²) in [6.45, 7) is 3.99. The molecule has 32 heavy (non-hydrogen) atoms. The lowest BCUT2D eigenvalue weighted by molar-refractivity contribution is -0.169. The van der Waals surface area contributed by atoms with Crippen molar-refractivity contribution in [1.82, 2.24) is 10.3 Å². The van der Waals surface area contributed by atoms with Crippen molar-refractivity contribution in [1.29, 1.82) is 0 Å². The summed E-state index contributed by atoms with van der Waals surface area (Å²) in [6, 6.07) is 11.0. The lowest BCUT2D eigenvalue weighted by Crippen LogP contribution is -2.60. The van der Waals surface area contributed by atoms with Gasteiger partial charge in [-0.15, -0.1) is 0 Å². The Morgan fingerprint density at radius 1 is 1.22 bits per heavy atom. The van der Waals surface area contributed by atoms with Gasteiger partial charge in [-0.2, -0.15) is 0 Å². The first-order valence-corrected chi connectivity index (χ1v) is 10.1. The monoisotopic (exact) mass is 433 g/mol. The molecule has 5 rings (SSSR count). The summed E-state index contributed by atoms with van der Waals surface area (Å²) in [5.74, 6) is -4.22. The first-order valence-electron chi connectivity index (χ1n) is 10.1. The first kappa shape index (κ1) is 20.1. The number of ketones is 1. The van der Waals surface area contributed by atoms with Crippen molar-refractivity contribution in [3.05, 3.63) is 88.5 Å². The molecule has 0 fully saturated rings. The van der Waals surface area contributed by atoms with Gasteiger partial charge in [0.05, 0.1) is 17.3 Å². The molecule has 2 heterocycles. The van der Waals surface area contributed by atoms with Gasteiger partial charge in [-0.05, 0) is 29.7 Å². The highest BCUT2D eigenvalue weighted by molar-refractivity contribution is 6.16. The molecule has 1 aliphatic carbocycles. The summed E-state index contributed by atoms with van der Waals surface area (Å²) in [6.07, 6.45) is 2.16. The number of nitrogens with one attached hydrogen (secondary N) is 1. The average Bonchev–Trinajstić information content (AvgIpc) is 3.11. The summed E-state index contributed by atoms with van der Waals surface area (Å²) >= 11 is 0. The summed E-state index contributed by atoms with van der Waals surface area (Å²) in [5.41, 5.74) is 5.24. The van der Waals surface area contributed by atoms with E-state index in [1.807, 2.05) is 13.8 Å². The largest absolute Gasteiger partial charge is 0.454 e. The lowest BCUT2D eigenvalue weighted by atomic mass is 9.82. The number of nitrogens with zero attached hydrogens (tertiary/aromatic N) is 1. The van der Waals surface area contributed by atoms with Crippen molar-refractivity contribution < 1.29 is 23.8 Å². The maximum Gasteiger partial charge on any atom is 0.271 e. The highest BCUT2D eigenvalue weighted by atomic mass is 19.1. The van der Waals surface area contributed by atoms with Gasteiger partial charge in [0.1, 0.15) is 5.75 Å². The molecule has 162 valence electrons. The van der Waals surface area contributed by atoms with E-state index in [1.165, 1.54) is 24.4 Å². The number of aromatic nitrogens is 1. The normalized spacial score (nSPS) is 22.8. The van der Waals surface area contributed by atoms with Gasteiger partial charge in [-0.3, -0.25) is 14.6 Å². The molecule has 2 aromatic carbocycles. The van der Waals surface area contributed by atoms with E-state index in [2.05, 4.69) is 10.3 Å². The minimum absolute atomic E-state index is 0.0593. The van der Waals surface area contributed by atoms with Gasteiger partial charge >= 0.3 is 0 Å². The minimum Gasteiger partial charge on any atom is -0.454 e. The van der Waals surface area contributed by atoms with Crippen LogP contribution in [0.3, 0.4) is 0 Å². The fourth-order valence-electron chi connectivity index (χ4n) is 4.54. The van der Waals surface area contributed by atoms with E-state index in [1.54, 1.807) is 24.3 Å². The van der Waals surface area contributed by atoms with E-state index < -0.39 is 28.8 Å². The molecule has 2 aliphatic rings. The molecule has 2 atom stereocenters. The molecule has 7 nitrogen and oxygen atoms in total. The molecule has 8 heteroatoms. The van der Waals surface area contributed by atoms with Crippen LogP contribution in [0.4, 0.5) is 10.1 Å². The zero-order valence-corrected chi connectivity index (χ0v) is 17.3. The number of benzene rings is 2. The van der Waals surface area contributed by atoms with E-state index in [4.69, 9.17) is 10.5 Å². The van der Waals surface area contributed by atoms with Crippen LogP contribution in [-0.4, -0.2) is 21.8 Å². The maximum atomic E-state index is 14.3. The van der Waals surface area contributed by atoms with Crippen molar-refractivity contribution in [2.45, 2.75) is 31.1 Å². The van der Waals surface area contributed by atoms with Crippen molar-refractivity contribution in [2.24, 2.45) is 0 Å². The van der Waals surface area contributed by atoms with Crippen molar-refractivity contribution >= 4 is 17.4 Å². The highest BCUT2D eigenvalue weighted by Crippen LogP contribution is 2.59. The number of nitrogen functional groups attached to an aromatic ring is 1. The number of rotatable bonds is 3. The summed E-state index contributed by atoms with van der Waals surface area (Å²) < 4.78 is 20.3. The predicted molar refractivity (Wildman–Crippen MR) is 114 cm³/mol. The Kier molecular flexibility index (Phi) is 4.16. The Labute approximate surface area is 183 Å². The number of halogens is 1. The number of amides is 1. The van der Waals surface area contributed by atoms with Gasteiger partial charge in [0.25, 0.3) is 11.7 Å². The quantitative estimate of drug-likeness (QED) is 0.547. The van der Waals surface area contributed by atoms with E-state index in [0.717, 1.165) is 11.8 Å².